The van der Waals surface area contributed by atoms with Crippen LogP contribution in [0, 0.1) is 0 Å². The average Bonchev–Trinajstić information content (AvgIpc) is 1.68. The first-order valence-corrected chi connectivity index (χ1v) is 2.82. The maximum Gasteiger partial charge on any atom is 0.0867 e. The molecule has 0 aromatic heterocycles. The quantitative estimate of drug-likeness (QED) is 0.514. The summed E-state index contributed by atoms with van der Waals surface area (Å²) in [6.07, 6.45) is 1.45. The van der Waals surface area contributed by atoms with E-state index in [0.717, 1.165) is 11.3 Å². The molecule has 41 valence electrons. The zero-order valence-electron chi connectivity index (χ0n) is 4.44. The van der Waals surface area contributed by atoms with Crippen LogP contribution >= 0.6 is 12.2 Å². The largest absolute Gasteiger partial charge is 0.236 e. The summed E-state index contributed by atoms with van der Waals surface area (Å²) in [6.45, 7) is 1.92. The first-order valence-electron chi connectivity index (χ1n) is 2.41. The van der Waals surface area contributed by atoms with Crippen molar-refractivity contribution in [1.82, 2.24) is 0 Å². The second-order valence-electron chi connectivity index (χ2n) is 1.35. The Morgan fingerprint density at radius 3 is 2.43 bits per heavy atom. The highest BCUT2D eigenvalue weighted by molar-refractivity contribution is 7.80. The van der Waals surface area contributed by atoms with Crippen LogP contribution in [-0.2, 0) is 5.11 Å². The summed E-state index contributed by atoms with van der Waals surface area (Å²) in [5, 5.41) is 9.81. The van der Waals surface area contributed by atoms with Gasteiger partial charge in [0.05, 0.1) is 6.61 Å². The Hall–Kier alpha value is 0.0500. The third-order valence-corrected chi connectivity index (χ3v) is 1.27. The molecule has 0 heterocycles. The fourth-order valence-electron chi connectivity index (χ4n) is 0.291. The standard InChI is InChI=1S/C5H9OS/c1-2-5(7)3-4-6/h2-4H2,1H3. The molecule has 0 aliphatic carbocycles. The van der Waals surface area contributed by atoms with Crippen molar-refractivity contribution in [2.45, 2.75) is 19.8 Å². The molecule has 0 aliphatic heterocycles. The van der Waals surface area contributed by atoms with Crippen molar-refractivity contribution in [2.75, 3.05) is 6.61 Å². The van der Waals surface area contributed by atoms with E-state index in [4.69, 9.17) is 12.2 Å². The van der Waals surface area contributed by atoms with Crippen LogP contribution in [0.15, 0.2) is 0 Å². The molecule has 0 aromatic carbocycles. The van der Waals surface area contributed by atoms with Crippen molar-refractivity contribution < 1.29 is 5.11 Å². The summed E-state index contributed by atoms with van der Waals surface area (Å²) < 4.78 is 0. The van der Waals surface area contributed by atoms with Gasteiger partial charge in [0.1, 0.15) is 0 Å². The van der Waals surface area contributed by atoms with Crippen molar-refractivity contribution in [2.24, 2.45) is 0 Å². The van der Waals surface area contributed by atoms with Crippen molar-refractivity contribution >= 4 is 17.1 Å². The summed E-state index contributed by atoms with van der Waals surface area (Å²) in [5.41, 5.74) is 0. The van der Waals surface area contributed by atoms with E-state index in [1.165, 1.54) is 0 Å². The molecule has 0 saturated carbocycles. The van der Waals surface area contributed by atoms with Crippen LogP contribution in [0.5, 0.6) is 0 Å². The Balaban J connectivity index is 3.00. The highest BCUT2D eigenvalue weighted by Crippen LogP contribution is 1.89. The average molecular weight is 117 g/mol. The first-order chi connectivity index (χ1) is 3.31. The Labute approximate surface area is 49.4 Å². The Morgan fingerprint density at radius 1 is 1.71 bits per heavy atom. The SMILES string of the molecule is CCC(=S)CC[O]. The molecule has 0 N–H and O–H groups in total. The van der Waals surface area contributed by atoms with Gasteiger partial charge in [-0.1, -0.05) is 19.1 Å². The van der Waals surface area contributed by atoms with E-state index in [1.807, 2.05) is 6.92 Å². The third kappa shape index (κ3) is 3.89. The molecule has 0 unspecified atom stereocenters. The lowest BCUT2D eigenvalue weighted by Crippen LogP contribution is -1.93. The third-order valence-electron chi connectivity index (χ3n) is 0.775. The Kier molecular flexibility index (Phi) is 4.25. The van der Waals surface area contributed by atoms with Gasteiger partial charge in [-0.2, -0.15) is 0 Å². The normalized spacial score (nSPS) is 8.86. The molecule has 0 fully saturated rings. The zero-order chi connectivity index (χ0) is 5.70. The second kappa shape index (κ2) is 4.22. The molecule has 0 aliphatic rings. The summed E-state index contributed by atoms with van der Waals surface area (Å²) in [6, 6.07) is 0. The minimum atomic E-state index is -0.0489. The number of thiocarbonyl (C=S) groups is 1. The van der Waals surface area contributed by atoms with E-state index < -0.39 is 0 Å². The highest BCUT2D eigenvalue weighted by atomic mass is 32.1. The maximum absolute atomic E-state index is 9.81. The lowest BCUT2D eigenvalue weighted by molar-refractivity contribution is 0.203. The maximum atomic E-state index is 9.81. The fraction of sp³-hybridized carbons (Fsp3) is 0.800. The summed E-state index contributed by atoms with van der Waals surface area (Å²) in [7, 11) is 0. The predicted octanol–water partition coefficient (Wildman–Crippen LogP) is 1.59. The first kappa shape index (κ1) is 7.05. The lowest BCUT2D eigenvalue weighted by Gasteiger charge is -1.89. The summed E-state index contributed by atoms with van der Waals surface area (Å²) in [5.74, 6) is 0. The van der Waals surface area contributed by atoms with Crippen molar-refractivity contribution in [3.05, 3.63) is 0 Å². The van der Waals surface area contributed by atoms with Crippen molar-refractivity contribution in [1.29, 1.82) is 0 Å². The summed E-state index contributed by atoms with van der Waals surface area (Å²) in [4.78, 5) is 0.898. The fourth-order valence-corrected chi connectivity index (χ4v) is 0.374. The monoisotopic (exact) mass is 117 g/mol. The Bertz CT molecular complexity index is 61.1. The van der Waals surface area contributed by atoms with Gasteiger partial charge in [-0.15, -0.1) is 0 Å². The minimum absolute atomic E-state index is 0.0489. The van der Waals surface area contributed by atoms with Gasteiger partial charge in [0.15, 0.2) is 0 Å². The van der Waals surface area contributed by atoms with Gasteiger partial charge in [-0.25, -0.2) is 5.11 Å². The van der Waals surface area contributed by atoms with E-state index in [0.29, 0.717) is 6.42 Å². The molecule has 0 saturated heterocycles. The van der Waals surface area contributed by atoms with Crippen molar-refractivity contribution in [3.8, 4) is 0 Å². The topological polar surface area (TPSA) is 19.9 Å². The van der Waals surface area contributed by atoms with Gasteiger partial charge in [-0.05, 0) is 11.3 Å². The van der Waals surface area contributed by atoms with Gasteiger partial charge < -0.3 is 0 Å². The van der Waals surface area contributed by atoms with Crippen LogP contribution in [0.4, 0.5) is 0 Å². The van der Waals surface area contributed by atoms with E-state index >= 15 is 0 Å². The molecule has 0 rings (SSSR count). The molecule has 0 spiro atoms. The van der Waals surface area contributed by atoms with E-state index in [9.17, 15) is 5.11 Å². The van der Waals surface area contributed by atoms with Crippen LogP contribution in [0.2, 0.25) is 0 Å². The van der Waals surface area contributed by atoms with Crippen LogP contribution < -0.4 is 0 Å². The van der Waals surface area contributed by atoms with Crippen LogP contribution in [0.3, 0.4) is 0 Å². The van der Waals surface area contributed by atoms with Gasteiger partial charge in [-0.3, -0.25) is 0 Å². The molecule has 0 aromatic rings. The van der Waals surface area contributed by atoms with Crippen LogP contribution in [0.1, 0.15) is 19.8 Å². The van der Waals surface area contributed by atoms with E-state index in [1.54, 1.807) is 0 Å². The smallest absolute Gasteiger partial charge is 0.0867 e. The van der Waals surface area contributed by atoms with Gasteiger partial charge in [0, 0.05) is 6.42 Å². The number of hydrogen-bond donors (Lipinski definition) is 0. The van der Waals surface area contributed by atoms with Gasteiger partial charge in [0.25, 0.3) is 0 Å². The highest BCUT2D eigenvalue weighted by Gasteiger charge is 1.88. The van der Waals surface area contributed by atoms with Gasteiger partial charge >= 0.3 is 0 Å². The zero-order valence-corrected chi connectivity index (χ0v) is 5.25. The molecule has 1 nitrogen and oxygen atoms in total. The molecular weight excluding hydrogens is 108 g/mol. The Morgan fingerprint density at radius 2 is 2.29 bits per heavy atom. The minimum Gasteiger partial charge on any atom is -0.236 e. The summed E-state index contributed by atoms with van der Waals surface area (Å²) >= 11 is 4.75. The molecule has 0 amide bonds. The van der Waals surface area contributed by atoms with Crippen LogP contribution in [0.25, 0.3) is 0 Å². The number of rotatable bonds is 3. The van der Waals surface area contributed by atoms with E-state index in [2.05, 4.69) is 0 Å². The molecule has 0 atom stereocenters. The predicted molar refractivity (Wildman–Crippen MR) is 33.1 cm³/mol. The molecule has 1 radical (unpaired) electrons. The van der Waals surface area contributed by atoms with E-state index in [-0.39, 0.29) is 6.61 Å². The molecular formula is C5H9OS. The number of hydrogen-bond acceptors (Lipinski definition) is 1. The molecule has 0 bridgehead atoms. The van der Waals surface area contributed by atoms with Crippen molar-refractivity contribution in [3.63, 3.8) is 0 Å². The molecule has 2 heteroatoms. The molecule has 7 heavy (non-hydrogen) atoms. The second-order valence-corrected chi connectivity index (χ2v) is 1.92. The van der Waals surface area contributed by atoms with Gasteiger partial charge in [0.2, 0.25) is 0 Å². The van der Waals surface area contributed by atoms with Crippen LogP contribution in [-0.4, -0.2) is 11.5 Å². The lowest BCUT2D eigenvalue weighted by atomic mass is 10.3.